The molecule has 0 aliphatic rings. The van der Waals surface area contributed by atoms with Crippen LogP contribution in [-0.4, -0.2) is 5.97 Å². The van der Waals surface area contributed by atoms with Gasteiger partial charge >= 0.3 is 5.97 Å². The SMILES string of the molecule is CC(=O)Oc1ccc2c(Br)cccc2c1. The van der Waals surface area contributed by atoms with Gasteiger partial charge in [-0.15, -0.1) is 0 Å². The largest absolute Gasteiger partial charge is 0.427 e. The van der Waals surface area contributed by atoms with E-state index in [1.807, 2.05) is 30.3 Å². The van der Waals surface area contributed by atoms with Crippen molar-refractivity contribution in [1.29, 1.82) is 0 Å². The Morgan fingerprint density at radius 1 is 1.27 bits per heavy atom. The molecular weight excluding hydrogens is 256 g/mol. The zero-order chi connectivity index (χ0) is 10.8. The number of benzene rings is 2. The van der Waals surface area contributed by atoms with E-state index in [1.165, 1.54) is 6.92 Å². The Bertz CT molecular complexity index is 520. The number of halogens is 1. The molecule has 0 aliphatic carbocycles. The Morgan fingerprint density at radius 3 is 2.80 bits per heavy atom. The number of rotatable bonds is 1. The van der Waals surface area contributed by atoms with Gasteiger partial charge in [-0.25, -0.2) is 0 Å². The number of hydrogen-bond acceptors (Lipinski definition) is 2. The molecule has 0 bridgehead atoms. The third-order valence-corrected chi connectivity index (χ3v) is 2.75. The Morgan fingerprint density at radius 2 is 2.07 bits per heavy atom. The van der Waals surface area contributed by atoms with E-state index in [4.69, 9.17) is 4.74 Å². The number of esters is 1. The summed E-state index contributed by atoms with van der Waals surface area (Å²) in [4.78, 5) is 10.8. The molecule has 2 aromatic carbocycles. The number of carbonyl (C=O) groups excluding carboxylic acids is 1. The van der Waals surface area contributed by atoms with E-state index in [0.717, 1.165) is 15.2 Å². The Kier molecular flexibility index (Phi) is 2.73. The van der Waals surface area contributed by atoms with Gasteiger partial charge in [0.15, 0.2) is 0 Å². The number of ether oxygens (including phenoxy) is 1. The van der Waals surface area contributed by atoms with Crippen LogP contribution in [0.1, 0.15) is 6.92 Å². The standard InChI is InChI=1S/C12H9BrO2/c1-8(14)15-10-5-6-11-9(7-10)3-2-4-12(11)13/h2-7H,1H3. The van der Waals surface area contributed by atoms with E-state index in [0.29, 0.717) is 5.75 Å². The van der Waals surface area contributed by atoms with Crippen molar-refractivity contribution in [1.82, 2.24) is 0 Å². The topological polar surface area (TPSA) is 26.3 Å². The van der Waals surface area contributed by atoms with Gasteiger partial charge in [-0.1, -0.05) is 28.1 Å². The second-order valence-corrected chi connectivity index (χ2v) is 4.07. The van der Waals surface area contributed by atoms with Crippen LogP contribution in [0.15, 0.2) is 40.9 Å². The van der Waals surface area contributed by atoms with Crippen molar-refractivity contribution < 1.29 is 9.53 Å². The van der Waals surface area contributed by atoms with E-state index < -0.39 is 0 Å². The molecule has 0 N–H and O–H groups in total. The molecule has 0 spiro atoms. The third kappa shape index (κ3) is 2.18. The highest BCUT2D eigenvalue weighted by atomic mass is 79.9. The molecule has 0 amide bonds. The minimum Gasteiger partial charge on any atom is -0.427 e. The first-order valence-corrected chi connectivity index (χ1v) is 5.33. The van der Waals surface area contributed by atoms with Crippen LogP contribution in [0.25, 0.3) is 10.8 Å². The summed E-state index contributed by atoms with van der Waals surface area (Å²) in [5, 5.41) is 2.15. The van der Waals surface area contributed by atoms with Crippen LogP contribution in [0.3, 0.4) is 0 Å². The monoisotopic (exact) mass is 264 g/mol. The molecule has 0 radical (unpaired) electrons. The van der Waals surface area contributed by atoms with Crippen molar-refractivity contribution in [2.24, 2.45) is 0 Å². The quantitative estimate of drug-likeness (QED) is 0.582. The lowest BCUT2D eigenvalue weighted by molar-refractivity contribution is -0.131. The Labute approximate surface area is 96.0 Å². The van der Waals surface area contributed by atoms with Crippen LogP contribution < -0.4 is 4.74 Å². The lowest BCUT2D eigenvalue weighted by Gasteiger charge is -2.04. The predicted octanol–water partition coefficient (Wildman–Crippen LogP) is 3.53. The molecule has 0 saturated carbocycles. The van der Waals surface area contributed by atoms with Crippen LogP contribution >= 0.6 is 15.9 Å². The van der Waals surface area contributed by atoms with E-state index in [9.17, 15) is 4.79 Å². The summed E-state index contributed by atoms with van der Waals surface area (Å²) in [6.45, 7) is 1.39. The fourth-order valence-electron chi connectivity index (χ4n) is 1.45. The summed E-state index contributed by atoms with van der Waals surface area (Å²) in [6.07, 6.45) is 0. The van der Waals surface area contributed by atoms with Crippen LogP contribution in [0, 0.1) is 0 Å². The van der Waals surface area contributed by atoms with Crippen molar-refractivity contribution in [2.75, 3.05) is 0 Å². The molecule has 0 atom stereocenters. The average Bonchev–Trinajstić information content (AvgIpc) is 2.17. The molecule has 0 saturated heterocycles. The fraction of sp³-hybridized carbons (Fsp3) is 0.0833. The van der Waals surface area contributed by atoms with E-state index in [-0.39, 0.29) is 5.97 Å². The number of hydrogen-bond donors (Lipinski definition) is 0. The highest BCUT2D eigenvalue weighted by molar-refractivity contribution is 9.10. The molecule has 76 valence electrons. The first-order chi connectivity index (χ1) is 7.16. The molecule has 2 rings (SSSR count). The van der Waals surface area contributed by atoms with Gasteiger partial charge in [-0.2, -0.15) is 0 Å². The smallest absolute Gasteiger partial charge is 0.308 e. The first kappa shape index (κ1) is 10.2. The predicted molar refractivity (Wildman–Crippen MR) is 63.0 cm³/mol. The van der Waals surface area contributed by atoms with Crippen LogP contribution in [0.4, 0.5) is 0 Å². The Balaban J connectivity index is 2.52. The summed E-state index contributed by atoms with van der Waals surface area (Å²) in [5.41, 5.74) is 0. The third-order valence-electron chi connectivity index (χ3n) is 2.06. The van der Waals surface area contributed by atoms with Gasteiger partial charge in [-0.05, 0) is 35.0 Å². The van der Waals surface area contributed by atoms with Crippen molar-refractivity contribution in [2.45, 2.75) is 6.92 Å². The second kappa shape index (κ2) is 4.03. The zero-order valence-electron chi connectivity index (χ0n) is 8.16. The van der Waals surface area contributed by atoms with E-state index >= 15 is 0 Å². The van der Waals surface area contributed by atoms with Crippen molar-refractivity contribution in [3.63, 3.8) is 0 Å². The van der Waals surface area contributed by atoms with E-state index in [1.54, 1.807) is 6.07 Å². The second-order valence-electron chi connectivity index (χ2n) is 3.22. The van der Waals surface area contributed by atoms with Crippen LogP contribution in [-0.2, 0) is 4.79 Å². The molecular formula is C12H9BrO2. The van der Waals surface area contributed by atoms with Gasteiger partial charge in [0.25, 0.3) is 0 Å². The molecule has 2 nitrogen and oxygen atoms in total. The van der Waals surface area contributed by atoms with Crippen molar-refractivity contribution >= 4 is 32.7 Å². The Hall–Kier alpha value is -1.35. The van der Waals surface area contributed by atoms with Crippen LogP contribution in [0.5, 0.6) is 5.75 Å². The minimum atomic E-state index is -0.302. The molecule has 2 aromatic rings. The van der Waals surface area contributed by atoms with E-state index in [2.05, 4.69) is 15.9 Å². The average molecular weight is 265 g/mol. The molecule has 0 heterocycles. The highest BCUT2D eigenvalue weighted by Gasteiger charge is 2.01. The fourth-order valence-corrected chi connectivity index (χ4v) is 1.97. The van der Waals surface area contributed by atoms with Gasteiger partial charge in [0.1, 0.15) is 5.75 Å². The van der Waals surface area contributed by atoms with Gasteiger partial charge in [-0.3, -0.25) is 4.79 Å². The highest BCUT2D eigenvalue weighted by Crippen LogP contribution is 2.27. The maximum Gasteiger partial charge on any atom is 0.308 e. The zero-order valence-corrected chi connectivity index (χ0v) is 9.74. The molecule has 0 aromatic heterocycles. The summed E-state index contributed by atoms with van der Waals surface area (Å²) in [5.74, 6) is 0.275. The van der Waals surface area contributed by atoms with Crippen LogP contribution in [0.2, 0.25) is 0 Å². The number of carbonyl (C=O) groups is 1. The van der Waals surface area contributed by atoms with Crippen molar-refractivity contribution in [3.8, 4) is 5.75 Å². The van der Waals surface area contributed by atoms with Gasteiger partial charge < -0.3 is 4.74 Å². The summed E-state index contributed by atoms with van der Waals surface area (Å²) in [6, 6.07) is 11.5. The molecule has 0 unspecified atom stereocenters. The van der Waals surface area contributed by atoms with Gasteiger partial charge in [0.05, 0.1) is 0 Å². The van der Waals surface area contributed by atoms with Crippen molar-refractivity contribution in [3.05, 3.63) is 40.9 Å². The lowest BCUT2D eigenvalue weighted by atomic mass is 10.1. The van der Waals surface area contributed by atoms with Gasteiger partial charge in [0, 0.05) is 11.4 Å². The maximum absolute atomic E-state index is 10.8. The molecule has 0 aliphatic heterocycles. The summed E-state index contributed by atoms with van der Waals surface area (Å²) >= 11 is 3.46. The number of fused-ring (bicyclic) bond motifs is 1. The molecule has 15 heavy (non-hydrogen) atoms. The molecule has 0 fully saturated rings. The maximum atomic E-state index is 10.8. The normalized spacial score (nSPS) is 10.3. The van der Waals surface area contributed by atoms with Gasteiger partial charge in [0.2, 0.25) is 0 Å². The first-order valence-electron chi connectivity index (χ1n) is 4.53. The minimum absolute atomic E-state index is 0.302. The summed E-state index contributed by atoms with van der Waals surface area (Å²) < 4.78 is 6.04. The lowest BCUT2D eigenvalue weighted by Crippen LogP contribution is -2.00. The summed E-state index contributed by atoms with van der Waals surface area (Å²) in [7, 11) is 0. The molecule has 3 heteroatoms.